The predicted octanol–water partition coefficient (Wildman–Crippen LogP) is 3.65. The average Bonchev–Trinajstić information content (AvgIpc) is 2.40. The number of aromatic hydroxyl groups is 2. The molecule has 4 heteroatoms. The zero-order chi connectivity index (χ0) is 15.6. The third-order valence-corrected chi connectivity index (χ3v) is 3.59. The Morgan fingerprint density at radius 3 is 2.19 bits per heavy atom. The molecule has 4 nitrogen and oxygen atoms in total. The van der Waals surface area contributed by atoms with Crippen molar-refractivity contribution in [3.8, 4) is 11.5 Å². The van der Waals surface area contributed by atoms with Gasteiger partial charge in [0, 0.05) is 25.5 Å². The van der Waals surface area contributed by atoms with Gasteiger partial charge < -0.3 is 20.4 Å². The fourth-order valence-corrected chi connectivity index (χ4v) is 2.38. The molecule has 0 aromatic heterocycles. The van der Waals surface area contributed by atoms with Crippen LogP contribution in [0.15, 0.2) is 36.4 Å². The number of phenolic OH excluding ortho intramolecular Hbond substituents is 2. The van der Waals surface area contributed by atoms with Crippen LogP contribution in [0.4, 0.5) is 11.4 Å². The Kier molecular flexibility index (Phi) is 4.26. The minimum atomic E-state index is -0.199. The first-order chi connectivity index (χ1) is 9.90. The van der Waals surface area contributed by atoms with Crippen LogP contribution in [0.5, 0.6) is 11.5 Å². The van der Waals surface area contributed by atoms with Gasteiger partial charge in [0.1, 0.15) is 11.5 Å². The molecule has 112 valence electrons. The first-order valence-corrected chi connectivity index (χ1v) is 6.95. The van der Waals surface area contributed by atoms with Crippen LogP contribution in [0, 0.1) is 6.92 Å². The molecule has 2 aromatic rings. The fraction of sp³-hybridized carbons (Fsp3) is 0.294. The van der Waals surface area contributed by atoms with Gasteiger partial charge in [0.05, 0.1) is 11.6 Å². The molecule has 0 radical (unpaired) electrons. The van der Waals surface area contributed by atoms with Crippen molar-refractivity contribution in [3.63, 3.8) is 0 Å². The van der Waals surface area contributed by atoms with Gasteiger partial charge in [-0.1, -0.05) is 6.07 Å². The molecule has 0 bridgehead atoms. The zero-order valence-electron chi connectivity index (χ0n) is 12.9. The quantitative estimate of drug-likeness (QED) is 0.803. The second-order valence-electron chi connectivity index (χ2n) is 5.47. The number of aryl methyl sites for hydroxylation is 1. The van der Waals surface area contributed by atoms with E-state index in [4.69, 9.17) is 0 Å². The molecule has 3 N–H and O–H groups in total. The molecule has 21 heavy (non-hydrogen) atoms. The van der Waals surface area contributed by atoms with Crippen LogP contribution in [0.25, 0.3) is 0 Å². The molecule has 2 rings (SSSR count). The van der Waals surface area contributed by atoms with Crippen LogP contribution in [0.3, 0.4) is 0 Å². The van der Waals surface area contributed by atoms with Crippen LogP contribution in [-0.4, -0.2) is 24.3 Å². The molecule has 0 amide bonds. The summed E-state index contributed by atoms with van der Waals surface area (Å²) in [5, 5.41) is 23.2. The molecule has 0 aliphatic carbocycles. The summed E-state index contributed by atoms with van der Waals surface area (Å²) in [5.74, 6) is 0.190. The Labute approximate surface area is 125 Å². The number of hydrogen-bond acceptors (Lipinski definition) is 4. The Morgan fingerprint density at radius 2 is 1.67 bits per heavy atom. The van der Waals surface area contributed by atoms with E-state index in [-0.39, 0.29) is 17.5 Å². The van der Waals surface area contributed by atoms with Crippen LogP contribution < -0.4 is 10.2 Å². The topological polar surface area (TPSA) is 55.7 Å². The summed E-state index contributed by atoms with van der Waals surface area (Å²) in [5.41, 5.74) is 3.74. The van der Waals surface area contributed by atoms with Crippen molar-refractivity contribution in [2.45, 2.75) is 19.9 Å². The van der Waals surface area contributed by atoms with Crippen LogP contribution in [0.2, 0.25) is 0 Å². The van der Waals surface area contributed by atoms with E-state index < -0.39 is 0 Å². The maximum absolute atomic E-state index is 9.92. The van der Waals surface area contributed by atoms with E-state index in [2.05, 4.69) is 16.3 Å². The Hall–Kier alpha value is -2.36. The first-order valence-electron chi connectivity index (χ1n) is 6.95. The number of nitrogens with one attached hydrogen (secondary N) is 1. The molecule has 0 saturated heterocycles. The van der Waals surface area contributed by atoms with E-state index in [1.54, 1.807) is 18.2 Å². The highest BCUT2D eigenvalue weighted by Gasteiger charge is 2.15. The van der Waals surface area contributed by atoms with Crippen molar-refractivity contribution >= 4 is 11.4 Å². The van der Waals surface area contributed by atoms with Gasteiger partial charge in [-0.15, -0.1) is 0 Å². The molecule has 1 unspecified atom stereocenters. The lowest BCUT2D eigenvalue weighted by Crippen LogP contribution is -2.11. The normalized spacial score (nSPS) is 12.0. The van der Waals surface area contributed by atoms with Gasteiger partial charge in [0.25, 0.3) is 0 Å². The monoisotopic (exact) mass is 286 g/mol. The maximum Gasteiger partial charge on any atom is 0.124 e. The molecular formula is C17H22N2O2. The number of phenols is 2. The molecule has 1 atom stereocenters. The summed E-state index contributed by atoms with van der Waals surface area (Å²) in [6.45, 7) is 3.95. The van der Waals surface area contributed by atoms with E-state index in [9.17, 15) is 10.2 Å². The van der Waals surface area contributed by atoms with Gasteiger partial charge in [-0.3, -0.25) is 0 Å². The van der Waals surface area contributed by atoms with Gasteiger partial charge in [-0.25, -0.2) is 0 Å². The van der Waals surface area contributed by atoms with Crippen molar-refractivity contribution in [1.82, 2.24) is 0 Å². The summed E-state index contributed by atoms with van der Waals surface area (Å²) in [6.07, 6.45) is 0. The molecular weight excluding hydrogens is 264 g/mol. The van der Waals surface area contributed by atoms with Crippen molar-refractivity contribution in [3.05, 3.63) is 47.5 Å². The number of nitrogens with zero attached hydrogens (tertiary/aromatic N) is 1. The van der Waals surface area contributed by atoms with E-state index in [1.165, 1.54) is 0 Å². The van der Waals surface area contributed by atoms with Gasteiger partial charge >= 0.3 is 0 Å². The summed E-state index contributed by atoms with van der Waals surface area (Å²) in [6, 6.07) is 10.7. The third kappa shape index (κ3) is 3.21. The zero-order valence-corrected chi connectivity index (χ0v) is 12.9. The van der Waals surface area contributed by atoms with E-state index in [0.717, 1.165) is 16.9 Å². The molecule has 0 aliphatic heterocycles. The number of benzene rings is 2. The number of rotatable bonds is 4. The summed E-state index contributed by atoms with van der Waals surface area (Å²) < 4.78 is 0. The second-order valence-corrected chi connectivity index (χ2v) is 5.47. The molecule has 0 spiro atoms. The SMILES string of the molecule is Cc1cc(N(C)C)ccc1NC(C)c1c(O)cccc1O. The Morgan fingerprint density at radius 1 is 1.05 bits per heavy atom. The van der Waals surface area contributed by atoms with Gasteiger partial charge in [0.2, 0.25) is 0 Å². The highest BCUT2D eigenvalue weighted by Crippen LogP contribution is 2.35. The van der Waals surface area contributed by atoms with E-state index >= 15 is 0 Å². The largest absolute Gasteiger partial charge is 0.507 e. The highest BCUT2D eigenvalue weighted by molar-refractivity contribution is 5.61. The fourth-order valence-electron chi connectivity index (χ4n) is 2.38. The summed E-state index contributed by atoms with van der Waals surface area (Å²) in [4.78, 5) is 2.05. The average molecular weight is 286 g/mol. The van der Waals surface area contributed by atoms with E-state index in [1.807, 2.05) is 40.1 Å². The minimum absolute atomic E-state index is 0.0950. The smallest absolute Gasteiger partial charge is 0.124 e. The first kappa shape index (κ1) is 15.0. The van der Waals surface area contributed by atoms with Crippen molar-refractivity contribution in [1.29, 1.82) is 0 Å². The molecule has 0 saturated carbocycles. The minimum Gasteiger partial charge on any atom is -0.507 e. The van der Waals surface area contributed by atoms with Gasteiger partial charge in [-0.05, 0) is 49.7 Å². The maximum atomic E-state index is 9.92. The number of hydrogen-bond donors (Lipinski definition) is 3. The lowest BCUT2D eigenvalue weighted by Gasteiger charge is -2.21. The third-order valence-electron chi connectivity index (χ3n) is 3.59. The lowest BCUT2D eigenvalue weighted by atomic mass is 10.0. The van der Waals surface area contributed by atoms with Crippen LogP contribution in [-0.2, 0) is 0 Å². The van der Waals surface area contributed by atoms with Crippen LogP contribution >= 0.6 is 0 Å². The van der Waals surface area contributed by atoms with Crippen LogP contribution in [0.1, 0.15) is 24.1 Å². The number of anilines is 2. The van der Waals surface area contributed by atoms with Gasteiger partial charge in [-0.2, -0.15) is 0 Å². The van der Waals surface area contributed by atoms with Crippen molar-refractivity contribution in [2.24, 2.45) is 0 Å². The van der Waals surface area contributed by atoms with Crippen molar-refractivity contribution < 1.29 is 10.2 Å². The van der Waals surface area contributed by atoms with Gasteiger partial charge in [0.15, 0.2) is 0 Å². The standard InChI is InChI=1S/C17H22N2O2/c1-11-10-13(19(3)4)8-9-14(11)18-12(2)17-15(20)6-5-7-16(17)21/h5-10,12,18,20-21H,1-4H3. The summed E-state index contributed by atoms with van der Waals surface area (Å²) in [7, 11) is 4.01. The predicted molar refractivity (Wildman–Crippen MR) is 87.3 cm³/mol. The molecule has 0 heterocycles. The Balaban J connectivity index is 2.26. The summed E-state index contributed by atoms with van der Waals surface area (Å²) >= 11 is 0. The highest BCUT2D eigenvalue weighted by atomic mass is 16.3. The lowest BCUT2D eigenvalue weighted by molar-refractivity contribution is 0.434. The molecule has 0 aliphatic rings. The Bertz CT molecular complexity index is 618. The second kappa shape index (κ2) is 5.95. The molecule has 0 fully saturated rings. The molecule has 2 aromatic carbocycles. The van der Waals surface area contributed by atoms with Crippen molar-refractivity contribution in [2.75, 3.05) is 24.3 Å². The van der Waals surface area contributed by atoms with E-state index in [0.29, 0.717) is 5.56 Å².